The van der Waals surface area contributed by atoms with E-state index in [1.165, 1.54) is 19.4 Å². The van der Waals surface area contributed by atoms with Gasteiger partial charge in [-0.15, -0.1) is 0 Å². The van der Waals surface area contributed by atoms with Crippen LogP contribution in [0.4, 0.5) is 0 Å². The van der Waals surface area contributed by atoms with Gasteiger partial charge in [-0.3, -0.25) is 9.69 Å². The number of hydrogen-bond donors (Lipinski definition) is 0. The maximum Gasteiger partial charge on any atom is 0.134 e. The van der Waals surface area contributed by atoms with Crippen LogP contribution in [-0.2, 0) is 4.79 Å². The first-order valence-electron chi connectivity index (χ1n) is 5.51. The number of ketones is 1. The predicted octanol–water partition coefficient (Wildman–Crippen LogP) is 1.84. The summed E-state index contributed by atoms with van der Waals surface area (Å²) in [5.74, 6) is 1.31. The van der Waals surface area contributed by atoms with Gasteiger partial charge in [-0.05, 0) is 38.3 Å². The van der Waals surface area contributed by atoms with Gasteiger partial charge in [0.1, 0.15) is 5.78 Å². The van der Waals surface area contributed by atoms with Gasteiger partial charge in [0.25, 0.3) is 0 Å². The summed E-state index contributed by atoms with van der Waals surface area (Å²) in [6.45, 7) is 4.69. The van der Waals surface area contributed by atoms with Gasteiger partial charge < -0.3 is 0 Å². The lowest BCUT2D eigenvalue weighted by Gasteiger charge is -2.36. The SMILES string of the molecule is C[C@H]1CCN2CCCC(=O)C[C@@H]2C1. The number of hydrogen-bond acceptors (Lipinski definition) is 2. The fourth-order valence-corrected chi connectivity index (χ4v) is 2.65. The van der Waals surface area contributed by atoms with E-state index in [1.54, 1.807) is 0 Å². The van der Waals surface area contributed by atoms with E-state index in [1.807, 2.05) is 0 Å². The molecule has 2 aliphatic heterocycles. The number of carbonyl (C=O) groups is 1. The summed E-state index contributed by atoms with van der Waals surface area (Å²) in [6, 6.07) is 0.582. The molecule has 2 rings (SSSR count). The zero-order valence-electron chi connectivity index (χ0n) is 8.46. The second kappa shape index (κ2) is 3.79. The topological polar surface area (TPSA) is 20.3 Å². The molecule has 2 aliphatic rings. The van der Waals surface area contributed by atoms with Gasteiger partial charge >= 0.3 is 0 Å². The molecule has 0 N–H and O–H groups in total. The number of piperidine rings is 1. The molecule has 74 valence electrons. The van der Waals surface area contributed by atoms with Gasteiger partial charge in [0.15, 0.2) is 0 Å². The van der Waals surface area contributed by atoms with E-state index in [4.69, 9.17) is 0 Å². The first-order valence-corrected chi connectivity index (χ1v) is 5.51. The van der Waals surface area contributed by atoms with E-state index in [9.17, 15) is 4.79 Å². The average molecular weight is 181 g/mol. The molecule has 0 aromatic heterocycles. The monoisotopic (exact) mass is 181 g/mol. The normalized spacial score (nSPS) is 36.8. The summed E-state index contributed by atoms with van der Waals surface area (Å²) >= 11 is 0. The van der Waals surface area contributed by atoms with E-state index in [0.717, 1.165) is 31.7 Å². The quantitative estimate of drug-likeness (QED) is 0.568. The zero-order chi connectivity index (χ0) is 9.26. The number of Topliss-reactive ketones (excluding diaryl/α,β-unsaturated/α-hetero) is 1. The fourth-order valence-electron chi connectivity index (χ4n) is 2.65. The van der Waals surface area contributed by atoms with Crippen LogP contribution in [0.3, 0.4) is 0 Å². The molecule has 13 heavy (non-hydrogen) atoms. The van der Waals surface area contributed by atoms with E-state index in [0.29, 0.717) is 11.8 Å². The van der Waals surface area contributed by atoms with Crippen molar-refractivity contribution in [1.82, 2.24) is 4.90 Å². The number of carbonyl (C=O) groups excluding carboxylic acids is 1. The molecule has 2 saturated heterocycles. The molecule has 0 aromatic carbocycles. The highest BCUT2D eigenvalue weighted by atomic mass is 16.1. The van der Waals surface area contributed by atoms with Crippen LogP contribution in [0.25, 0.3) is 0 Å². The molecule has 2 fully saturated rings. The van der Waals surface area contributed by atoms with Crippen molar-refractivity contribution >= 4 is 5.78 Å². The molecule has 0 saturated carbocycles. The average Bonchev–Trinajstić information content (AvgIpc) is 2.25. The summed E-state index contributed by atoms with van der Waals surface area (Å²) in [6.07, 6.45) is 5.30. The Bertz CT molecular complexity index is 202. The third-order valence-electron chi connectivity index (χ3n) is 3.46. The van der Waals surface area contributed by atoms with Gasteiger partial charge in [-0.1, -0.05) is 6.92 Å². The molecule has 0 aliphatic carbocycles. The van der Waals surface area contributed by atoms with Crippen molar-refractivity contribution in [3.8, 4) is 0 Å². The largest absolute Gasteiger partial charge is 0.300 e. The minimum absolute atomic E-state index is 0.488. The Hall–Kier alpha value is -0.370. The van der Waals surface area contributed by atoms with Gasteiger partial charge in [-0.2, -0.15) is 0 Å². The highest BCUT2D eigenvalue weighted by molar-refractivity contribution is 5.79. The lowest BCUT2D eigenvalue weighted by Crippen LogP contribution is -2.41. The molecule has 2 heteroatoms. The first kappa shape index (κ1) is 9.20. The number of fused-ring (bicyclic) bond motifs is 1. The van der Waals surface area contributed by atoms with Crippen LogP contribution >= 0.6 is 0 Å². The highest BCUT2D eigenvalue weighted by Gasteiger charge is 2.29. The first-order chi connectivity index (χ1) is 6.25. The highest BCUT2D eigenvalue weighted by Crippen LogP contribution is 2.27. The van der Waals surface area contributed by atoms with E-state index in [-0.39, 0.29) is 0 Å². The molecule has 0 aromatic rings. The van der Waals surface area contributed by atoms with Gasteiger partial charge in [-0.25, -0.2) is 0 Å². The molecule has 0 unspecified atom stereocenters. The van der Waals surface area contributed by atoms with Crippen LogP contribution in [0.2, 0.25) is 0 Å². The van der Waals surface area contributed by atoms with Crippen LogP contribution in [0, 0.1) is 5.92 Å². The van der Waals surface area contributed by atoms with Crippen molar-refractivity contribution in [2.75, 3.05) is 13.1 Å². The Balaban J connectivity index is 2.02. The summed E-state index contributed by atoms with van der Waals surface area (Å²) in [5, 5.41) is 0. The lowest BCUT2D eigenvalue weighted by atomic mass is 9.90. The third kappa shape index (κ3) is 2.11. The molecule has 2 atom stereocenters. The van der Waals surface area contributed by atoms with Crippen molar-refractivity contribution in [3.05, 3.63) is 0 Å². The van der Waals surface area contributed by atoms with E-state index >= 15 is 0 Å². The number of nitrogens with zero attached hydrogens (tertiary/aromatic N) is 1. The molecular formula is C11H19NO. The maximum atomic E-state index is 11.4. The Morgan fingerprint density at radius 1 is 1.38 bits per heavy atom. The van der Waals surface area contributed by atoms with Crippen molar-refractivity contribution in [2.24, 2.45) is 5.92 Å². The summed E-state index contributed by atoms with van der Waals surface area (Å²) in [5.41, 5.74) is 0. The summed E-state index contributed by atoms with van der Waals surface area (Å²) in [7, 11) is 0. The Labute approximate surface area is 80.3 Å². The molecular weight excluding hydrogens is 162 g/mol. The van der Waals surface area contributed by atoms with Crippen LogP contribution in [0.5, 0.6) is 0 Å². The summed E-state index contributed by atoms with van der Waals surface area (Å²) in [4.78, 5) is 14.0. The van der Waals surface area contributed by atoms with Crippen molar-refractivity contribution in [2.45, 2.75) is 45.1 Å². The molecule has 0 radical (unpaired) electrons. The van der Waals surface area contributed by atoms with Crippen molar-refractivity contribution < 1.29 is 4.79 Å². The second-order valence-corrected chi connectivity index (χ2v) is 4.67. The predicted molar refractivity (Wildman–Crippen MR) is 52.6 cm³/mol. The fraction of sp³-hybridized carbons (Fsp3) is 0.909. The van der Waals surface area contributed by atoms with Crippen molar-refractivity contribution in [1.29, 1.82) is 0 Å². The lowest BCUT2D eigenvalue weighted by molar-refractivity contribution is -0.119. The molecule has 0 amide bonds. The molecule has 2 heterocycles. The maximum absolute atomic E-state index is 11.4. The van der Waals surface area contributed by atoms with E-state index < -0.39 is 0 Å². The Kier molecular flexibility index (Phi) is 2.68. The third-order valence-corrected chi connectivity index (χ3v) is 3.46. The number of rotatable bonds is 0. The van der Waals surface area contributed by atoms with Gasteiger partial charge in [0, 0.05) is 18.9 Å². The molecule has 0 spiro atoms. The van der Waals surface area contributed by atoms with Gasteiger partial charge in [0.05, 0.1) is 0 Å². The van der Waals surface area contributed by atoms with Crippen molar-refractivity contribution in [3.63, 3.8) is 0 Å². The molecule has 2 nitrogen and oxygen atoms in total. The Morgan fingerprint density at radius 2 is 2.23 bits per heavy atom. The second-order valence-electron chi connectivity index (χ2n) is 4.67. The van der Waals surface area contributed by atoms with Crippen LogP contribution in [0.1, 0.15) is 39.0 Å². The minimum Gasteiger partial charge on any atom is -0.300 e. The minimum atomic E-state index is 0.488. The van der Waals surface area contributed by atoms with Crippen LogP contribution in [-0.4, -0.2) is 29.8 Å². The zero-order valence-corrected chi connectivity index (χ0v) is 8.46. The molecule has 0 bridgehead atoms. The van der Waals surface area contributed by atoms with Crippen LogP contribution in [0.15, 0.2) is 0 Å². The Morgan fingerprint density at radius 3 is 3.08 bits per heavy atom. The smallest absolute Gasteiger partial charge is 0.134 e. The van der Waals surface area contributed by atoms with E-state index in [2.05, 4.69) is 11.8 Å². The summed E-state index contributed by atoms with van der Waals surface area (Å²) < 4.78 is 0. The van der Waals surface area contributed by atoms with Gasteiger partial charge in [0.2, 0.25) is 0 Å². The van der Waals surface area contributed by atoms with Crippen LogP contribution < -0.4 is 0 Å². The standard InChI is InChI=1S/C11H19NO/c1-9-4-6-12-5-2-3-11(13)8-10(12)7-9/h9-10H,2-8H2,1H3/t9-,10-/m0/s1.